The fraction of sp³-hybridized carbons (Fsp3) is 0.217. The second-order valence-electron chi connectivity index (χ2n) is 7.70. The number of benzene rings is 3. The van der Waals surface area contributed by atoms with Crippen LogP contribution in [-0.4, -0.2) is 15.5 Å². The number of methoxy groups -OCH3 is 1. The summed E-state index contributed by atoms with van der Waals surface area (Å²) in [7, 11) is -6.44. The van der Waals surface area contributed by atoms with E-state index in [1.54, 1.807) is 62.4 Å². The molecule has 0 aromatic heterocycles. The summed E-state index contributed by atoms with van der Waals surface area (Å²) in [5.41, 5.74) is 2.64. The fourth-order valence-corrected chi connectivity index (χ4v) is 7.38. The Bertz CT molecular complexity index is 1270. The second-order valence-corrected chi connectivity index (χ2v) is 11.5. The summed E-state index contributed by atoms with van der Waals surface area (Å²) in [6.45, 7) is 7.07. The summed E-state index contributed by atoms with van der Waals surface area (Å²) in [5.74, 6) is 0.661. The highest BCUT2D eigenvalue weighted by molar-refractivity contribution is 7.91. The number of aryl methyl sites for hydroxylation is 4. The van der Waals surface area contributed by atoms with Crippen molar-refractivity contribution in [2.24, 2.45) is 0 Å². The molecular formula is C23H23O6PS. The first kappa shape index (κ1) is 21.5. The maximum Gasteiger partial charge on any atom is 0.462 e. The average molecular weight is 458 g/mol. The minimum atomic E-state index is -3.99. The number of hydrogen-bond acceptors (Lipinski definition) is 6. The molecule has 0 amide bonds. The van der Waals surface area contributed by atoms with Gasteiger partial charge in [0.15, 0.2) is 11.5 Å². The first-order valence-electron chi connectivity index (χ1n) is 9.66. The maximum absolute atomic E-state index is 14.1. The van der Waals surface area contributed by atoms with Gasteiger partial charge in [-0.05, 0) is 86.3 Å². The van der Waals surface area contributed by atoms with E-state index in [0.29, 0.717) is 22.2 Å². The number of hydrogen-bond donors (Lipinski definition) is 0. The normalized spacial score (nSPS) is 16.0. The Labute approximate surface area is 182 Å². The summed E-state index contributed by atoms with van der Waals surface area (Å²) in [6, 6.07) is 13.2. The molecule has 162 valence electrons. The van der Waals surface area contributed by atoms with E-state index in [2.05, 4.69) is 0 Å². The van der Waals surface area contributed by atoms with Crippen molar-refractivity contribution in [1.82, 2.24) is 0 Å². The number of rotatable bonds is 2. The van der Waals surface area contributed by atoms with Crippen molar-refractivity contribution in [2.45, 2.75) is 37.5 Å². The van der Waals surface area contributed by atoms with Gasteiger partial charge in [-0.3, -0.25) is 0 Å². The molecule has 0 bridgehead atoms. The van der Waals surface area contributed by atoms with Crippen LogP contribution in [0.1, 0.15) is 22.3 Å². The van der Waals surface area contributed by atoms with Gasteiger partial charge in [0.1, 0.15) is 15.5 Å². The smallest absolute Gasteiger partial charge is 0.462 e. The van der Waals surface area contributed by atoms with Crippen molar-refractivity contribution in [3.05, 3.63) is 70.8 Å². The molecule has 8 heteroatoms. The van der Waals surface area contributed by atoms with E-state index in [9.17, 15) is 13.0 Å². The molecule has 31 heavy (non-hydrogen) atoms. The van der Waals surface area contributed by atoms with Gasteiger partial charge in [-0.2, -0.15) is 0 Å². The molecule has 1 heterocycles. The molecule has 1 aliphatic rings. The van der Waals surface area contributed by atoms with Crippen LogP contribution in [0.3, 0.4) is 0 Å². The average Bonchev–Trinajstić information content (AvgIpc) is 2.71. The van der Waals surface area contributed by atoms with E-state index in [-0.39, 0.29) is 21.3 Å². The van der Waals surface area contributed by atoms with Crippen LogP contribution in [0.2, 0.25) is 0 Å². The SMILES string of the molecule is COc1ccc(P2(=O)Oc3c(C)cc(C)cc3S(=O)(=O)c3cc(C)cc(C)c3O2)cc1. The van der Waals surface area contributed by atoms with Gasteiger partial charge in [0, 0.05) is 0 Å². The molecule has 4 rings (SSSR count). The third-order valence-electron chi connectivity index (χ3n) is 5.16. The van der Waals surface area contributed by atoms with Gasteiger partial charge in [0.25, 0.3) is 0 Å². The first-order chi connectivity index (χ1) is 14.5. The predicted molar refractivity (Wildman–Crippen MR) is 119 cm³/mol. The Kier molecular flexibility index (Phi) is 5.15. The van der Waals surface area contributed by atoms with Crippen LogP contribution in [0.15, 0.2) is 58.3 Å². The number of ether oxygens (including phenoxy) is 1. The van der Waals surface area contributed by atoms with Gasteiger partial charge < -0.3 is 13.8 Å². The molecule has 0 aliphatic carbocycles. The molecule has 6 nitrogen and oxygen atoms in total. The topological polar surface area (TPSA) is 78.9 Å². The van der Waals surface area contributed by atoms with Gasteiger partial charge >= 0.3 is 7.60 Å². The van der Waals surface area contributed by atoms with E-state index in [4.69, 9.17) is 13.8 Å². The van der Waals surface area contributed by atoms with E-state index in [1.165, 1.54) is 7.11 Å². The summed E-state index contributed by atoms with van der Waals surface area (Å²) >= 11 is 0. The lowest BCUT2D eigenvalue weighted by Crippen LogP contribution is -2.20. The van der Waals surface area contributed by atoms with Gasteiger partial charge in [-0.25, -0.2) is 13.0 Å². The lowest BCUT2D eigenvalue weighted by atomic mass is 10.1. The minimum Gasteiger partial charge on any atom is -0.497 e. The van der Waals surface area contributed by atoms with E-state index < -0.39 is 17.4 Å². The molecule has 1 aliphatic heterocycles. The Morgan fingerprint density at radius 3 is 1.65 bits per heavy atom. The molecule has 0 fully saturated rings. The van der Waals surface area contributed by atoms with Gasteiger partial charge in [0.05, 0.1) is 12.4 Å². The molecule has 0 saturated heterocycles. The molecule has 3 aromatic rings. The standard InChI is InChI=1S/C23H23O6PS/c1-14-10-16(3)22-20(12-14)31(25,26)21-13-15(2)11-17(4)23(21)29-30(24,28-22)19-8-6-18(27-5)7-9-19/h6-13H,1-5H3. The van der Waals surface area contributed by atoms with Crippen LogP contribution in [0.25, 0.3) is 0 Å². The Hall–Kier alpha value is -2.76. The summed E-state index contributed by atoms with van der Waals surface area (Å²) in [6.07, 6.45) is 0. The first-order valence-corrected chi connectivity index (χ1v) is 12.7. The predicted octanol–water partition coefficient (Wildman–Crippen LogP) is 5.05. The van der Waals surface area contributed by atoms with Crippen molar-refractivity contribution >= 4 is 22.7 Å². The molecular weight excluding hydrogens is 435 g/mol. The summed E-state index contributed by atoms with van der Waals surface area (Å²) in [4.78, 5) is -0.0402. The molecule has 0 radical (unpaired) electrons. The highest BCUT2D eigenvalue weighted by atomic mass is 32.2. The largest absolute Gasteiger partial charge is 0.497 e. The Morgan fingerprint density at radius 2 is 1.23 bits per heavy atom. The van der Waals surface area contributed by atoms with Crippen LogP contribution in [0.5, 0.6) is 17.2 Å². The zero-order valence-electron chi connectivity index (χ0n) is 17.9. The second kappa shape index (κ2) is 7.43. The van der Waals surface area contributed by atoms with Crippen molar-refractivity contribution in [3.8, 4) is 17.2 Å². The third kappa shape index (κ3) is 3.62. The quantitative estimate of drug-likeness (QED) is 0.500. The van der Waals surface area contributed by atoms with Gasteiger partial charge in [-0.1, -0.05) is 12.1 Å². The van der Waals surface area contributed by atoms with Crippen molar-refractivity contribution in [2.75, 3.05) is 7.11 Å². The lowest BCUT2D eigenvalue weighted by Gasteiger charge is -2.28. The molecule has 0 saturated carbocycles. The molecule has 0 atom stereocenters. The van der Waals surface area contributed by atoms with E-state index in [0.717, 1.165) is 11.1 Å². The van der Waals surface area contributed by atoms with E-state index in [1.807, 2.05) is 13.8 Å². The number of fused-ring (bicyclic) bond motifs is 2. The van der Waals surface area contributed by atoms with Gasteiger partial charge in [-0.15, -0.1) is 0 Å². The van der Waals surface area contributed by atoms with Crippen molar-refractivity contribution < 1.29 is 26.8 Å². The highest BCUT2D eigenvalue weighted by Crippen LogP contribution is 2.55. The van der Waals surface area contributed by atoms with Crippen molar-refractivity contribution in [3.63, 3.8) is 0 Å². The minimum absolute atomic E-state index is 0.0201. The van der Waals surface area contributed by atoms with Crippen LogP contribution in [0, 0.1) is 27.7 Å². The monoisotopic (exact) mass is 458 g/mol. The van der Waals surface area contributed by atoms with Crippen molar-refractivity contribution in [1.29, 1.82) is 0 Å². The lowest BCUT2D eigenvalue weighted by molar-refractivity contribution is 0.385. The summed E-state index contributed by atoms with van der Waals surface area (Å²) < 4.78 is 58.5. The van der Waals surface area contributed by atoms with Gasteiger partial charge in [0.2, 0.25) is 9.84 Å². The summed E-state index contributed by atoms with van der Waals surface area (Å²) in [5, 5.41) is 0.296. The fourth-order valence-electron chi connectivity index (χ4n) is 3.71. The zero-order valence-corrected chi connectivity index (χ0v) is 19.6. The molecule has 0 spiro atoms. The Morgan fingerprint density at radius 1 is 0.774 bits per heavy atom. The highest BCUT2D eigenvalue weighted by Gasteiger charge is 2.40. The Balaban J connectivity index is 2.07. The number of sulfone groups is 1. The third-order valence-corrected chi connectivity index (χ3v) is 8.70. The van der Waals surface area contributed by atoms with Crippen LogP contribution < -0.4 is 19.1 Å². The molecule has 3 aromatic carbocycles. The zero-order chi connectivity index (χ0) is 22.6. The maximum atomic E-state index is 14.1. The van der Waals surface area contributed by atoms with Crippen LogP contribution in [-0.2, 0) is 14.4 Å². The van der Waals surface area contributed by atoms with E-state index >= 15 is 0 Å². The van der Waals surface area contributed by atoms with Crippen LogP contribution >= 0.6 is 7.60 Å². The molecule has 0 unspecified atom stereocenters. The molecule has 0 N–H and O–H groups in total. The van der Waals surface area contributed by atoms with Crippen LogP contribution in [0.4, 0.5) is 0 Å².